The summed E-state index contributed by atoms with van der Waals surface area (Å²) in [7, 11) is 0. The zero-order chi connectivity index (χ0) is 18.8. The van der Waals surface area contributed by atoms with Crippen LogP contribution < -0.4 is 24.5 Å². The molecule has 0 unspecified atom stereocenters. The Morgan fingerprint density at radius 3 is 2.81 bits per heavy atom. The minimum Gasteiger partial charge on any atom is -0.494 e. The molecule has 0 saturated carbocycles. The highest BCUT2D eigenvalue weighted by atomic mass is 79.9. The molecule has 0 spiro atoms. The average Bonchev–Trinajstić information content (AvgIpc) is 2.98. The molecule has 0 fully saturated rings. The van der Waals surface area contributed by atoms with Crippen LogP contribution in [0.1, 0.15) is 12.5 Å². The molecule has 4 rings (SSSR count). The van der Waals surface area contributed by atoms with Crippen molar-refractivity contribution in [1.29, 1.82) is 0 Å². The number of ether oxygens (including phenoxy) is 1. The fourth-order valence-corrected chi connectivity index (χ4v) is 4.32. The van der Waals surface area contributed by atoms with Gasteiger partial charge in [-0.25, -0.2) is 4.99 Å². The smallest absolute Gasteiger partial charge is 0.271 e. The van der Waals surface area contributed by atoms with Crippen LogP contribution in [0.4, 0.5) is 5.69 Å². The predicted octanol–water partition coefficient (Wildman–Crippen LogP) is 2.95. The fraction of sp³-hybridized carbons (Fsp3) is 0.200. The maximum Gasteiger partial charge on any atom is 0.271 e. The van der Waals surface area contributed by atoms with E-state index in [2.05, 4.69) is 25.8 Å². The predicted molar refractivity (Wildman–Crippen MR) is 112 cm³/mol. The van der Waals surface area contributed by atoms with Crippen LogP contribution in [0, 0.1) is 0 Å². The maximum atomic E-state index is 12.8. The number of aromatic nitrogens is 1. The third-order valence-corrected chi connectivity index (χ3v) is 5.77. The molecule has 0 N–H and O–H groups in total. The van der Waals surface area contributed by atoms with Crippen molar-refractivity contribution in [2.75, 3.05) is 18.2 Å². The van der Waals surface area contributed by atoms with Crippen molar-refractivity contribution in [1.82, 2.24) is 4.57 Å². The Kier molecular flexibility index (Phi) is 5.13. The van der Waals surface area contributed by atoms with Gasteiger partial charge in [0.05, 0.1) is 11.1 Å². The van der Waals surface area contributed by atoms with Crippen molar-refractivity contribution in [3.63, 3.8) is 0 Å². The number of hydrogen-bond acceptors (Lipinski definition) is 5. The topological polar surface area (TPSA) is 46.8 Å². The van der Waals surface area contributed by atoms with E-state index in [1.807, 2.05) is 61.5 Å². The van der Waals surface area contributed by atoms with Crippen molar-refractivity contribution in [3.05, 3.63) is 78.3 Å². The van der Waals surface area contributed by atoms with Gasteiger partial charge < -0.3 is 9.64 Å². The molecule has 0 aliphatic carbocycles. The number of benzene rings is 2. The van der Waals surface area contributed by atoms with Crippen LogP contribution in [0.5, 0.6) is 5.75 Å². The molecule has 0 atom stereocenters. The van der Waals surface area contributed by atoms with Crippen LogP contribution in [0.2, 0.25) is 0 Å². The van der Waals surface area contributed by atoms with Gasteiger partial charge in [0, 0.05) is 10.2 Å². The molecule has 0 amide bonds. The molecule has 0 radical (unpaired) electrons. The summed E-state index contributed by atoms with van der Waals surface area (Å²) in [6.07, 6.45) is 1.92. The average molecular weight is 444 g/mol. The van der Waals surface area contributed by atoms with Gasteiger partial charge in [-0.15, -0.1) is 0 Å². The summed E-state index contributed by atoms with van der Waals surface area (Å²) in [5.74, 6) is 0.842. The Morgan fingerprint density at radius 1 is 1.26 bits per heavy atom. The first-order valence-electron chi connectivity index (χ1n) is 8.63. The Bertz CT molecular complexity index is 1140. The number of fused-ring (bicyclic) bond motifs is 1. The first-order chi connectivity index (χ1) is 13.1. The summed E-state index contributed by atoms with van der Waals surface area (Å²) >= 11 is 4.90. The molecule has 1 aliphatic rings. The number of nitrogens with zero attached hydrogens (tertiary/aromatic N) is 3. The normalized spacial score (nSPS) is 14.0. The number of thiazole rings is 1. The second-order valence-corrected chi connectivity index (χ2v) is 8.01. The highest BCUT2D eigenvalue weighted by Gasteiger charge is 2.16. The number of hydrogen-bond donors (Lipinski definition) is 0. The molecule has 7 heteroatoms. The van der Waals surface area contributed by atoms with Gasteiger partial charge in [0.25, 0.3) is 5.56 Å². The first-order valence-corrected chi connectivity index (χ1v) is 10.2. The molecule has 1 aliphatic heterocycles. The lowest BCUT2D eigenvalue weighted by molar-refractivity contribution is 0.340. The zero-order valence-corrected chi connectivity index (χ0v) is 17.2. The van der Waals surface area contributed by atoms with E-state index in [1.165, 1.54) is 11.3 Å². The molecular weight excluding hydrogens is 426 g/mol. The second kappa shape index (κ2) is 7.70. The zero-order valence-electron chi connectivity index (χ0n) is 14.8. The van der Waals surface area contributed by atoms with E-state index in [4.69, 9.17) is 4.74 Å². The van der Waals surface area contributed by atoms with Gasteiger partial charge in [0.15, 0.2) is 4.80 Å². The van der Waals surface area contributed by atoms with E-state index >= 15 is 0 Å². The molecule has 138 valence electrons. The van der Waals surface area contributed by atoms with Crippen LogP contribution >= 0.6 is 27.3 Å². The highest BCUT2D eigenvalue weighted by molar-refractivity contribution is 9.10. The molecule has 27 heavy (non-hydrogen) atoms. The van der Waals surface area contributed by atoms with Gasteiger partial charge in [-0.1, -0.05) is 39.4 Å². The summed E-state index contributed by atoms with van der Waals surface area (Å²) in [5.41, 5.74) is 2.00. The Balaban J connectivity index is 1.64. The number of rotatable bonds is 4. The van der Waals surface area contributed by atoms with Gasteiger partial charge in [0.1, 0.15) is 19.1 Å². The SMILES string of the molecule is CCOc1ccc(N2CN=c3sc(=Cc4cccc(Br)c4)c(=O)n3C2)cc1. The van der Waals surface area contributed by atoms with Gasteiger partial charge in [-0.2, -0.15) is 0 Å². The van der Waals surface area contributed by atoms with E-state index in [-0.39, 0.29) is 5.56 Å². The Hall–Kier alpha value is -2.38. The van der Waals surface area contributed by atoms with Gasteiger partial charge in [-0.3, -0.25) is 9.36 Å². The minimum absolute atomic E-state index is 0.00522. The van der Waals surface area contributed by atoms with Crippen molar-refractivity contribution < 1.29 is 4.74 Å². The van der Waals surface area contributed by atoms with Crippen molar-refractivity contribution >= 4 is 39.0 Å². The summed E-state index contributed by atoms with van der Waals surface area (Å²) in [4.78, 5) is 20.3. The van der Waals surface area contributed by atoms with E-state index in [0.29, 0.717) is 24.5 Å². The first kappa shape index (κ1) is 18.0. The van der Waals surface area contributed by atoms with Crippen molar-refractivity contribution in [2.24, 2.45) is 4.99 Å². The van der Waals surface area contributed by atoms with Gasteiger partial charge in [-0.05, 0) is 55.0 Å². The van der Waals surface area contributed by atoms with Crippen molar-refractivity contribution in [3.8, 4) is 5.75 Å². The van der Waals surface area contributed by atoms with E-state index < -0.39 is 0 Å². The Labute approximate surface area is 169 Å². The molecular formula is C20H18BrN3O2S. The van der Waals surface area contributed by atoms with Crippen molar-refractivity contribution in [2.45, 2.75) is 13.6 Å². The highest BCUT2D eigenvalue weighted by Crippen LogP contribution is 2.20. The second-order valence-electron chi connectivity index (χ2n) is 6.09. The maximum absolute atomic E-state index is 12.8. The molecule has 0 bridgehead atoms. The van der Waals surface area contributed by atoms with E-state index in [9.17, 15) is 4.79 Å². The van der Waals surface area contributed by atoms with Crippen LogP contribution in [0.25, 0.3) is 6.08 Å². The lowest BCUT2D eigenvalue weighted by atomic mass is 10.2. The van der Waals surface area contributed by atoms with Crippen LogP contribution in [-0.2, 0) is 6.67 Å². The van der Waals surface area contributed by atoms with Crippen LogP contribution in [0.15, 0.2) is 62.8 Å². The molecule has 0 saturated heterocycles. The Morgan fingerprint density at radius 2 is 2.07 bits per heavy atom. The minimum atomic E-state index is -0.00522. The lowest BCUT2D eigenvalue weighted by Crippen LogP contribution is -2.42. The van der Waals surface area contributed by atoms with E-state index in [0.717, 1.165) is 26.3 Å². The third kappa shape index (κ3) is 3.84. The van der Waals surface area contributed by atoms with E-state index in [1.54, 1.807) is 4.57 Å². The molecule has 2 aromatic carbocycles. The van der Waals surface area contributed by atoms with Gasteiger partial charge >= 0.3 is 0 Å². The van der Waals surface area contributed by atoms with Gasteiger partial charge in [0.2, 0.25) is 0 Å². The molecule has 3 aromatic rings. The summed E-state index contributed by atoms with van der Waals surface area (Å²) < 4.78 is 8.90. The summed E-state index contributed by atoms with van der Waals surface area (Å²) in [6, 6.07) is 15.8. The third-order valence-electron chi connectivity index (χ3n) is 4.24. The van der Waals surface area contributed by atoms with Crippen LogP contribution in [0.3, 0.4) is 0 Å². The largest absolute Gasteiger partial charge is 0.494 e. The van der Waals surface area contributed by atoms with Crippen LogP contribution in [-0.4, -0.2) is 17.8 Å². The molecule has 1 aromatic heterocycles. The standard InChI is InChI=1S/C20H18BrN3O2S/c1-2-26-17-8-6-16(7-9-17)23-12-22-20-24(13-23)19(25)18(27-20)11-14-4-3-5-15(21)10-14/h3-11H,2,12-13H2,1H3. The molecule has 2 heterocycles. The summed E-state index contributed by atoms with van der Waals surface area (Å²) in [6.45, 7) is 3.63. The summed E-state index contributed by atoms with van der Waals surface area (Å²) in [5, 5.41) is 0. The fourth-order valence-electron chi connectivity index (χ4n) is 2.94. The number of halogens is 1. The quantitative estimate of drug-likeness (QED) is 0.622. The number of anilines is 1. The monoisotopic (exact) mass is 443 g/mol. The lowest BCUT2D eigenvalue weighted by Gasteiger charge is -2.25. The molecule has 5 nitrogen and oxygen atoms in total.